The molecule has 1 aliphatic carbocycles. The summed E-state index contributed by atoms with van der Waals surface area (Å²) in [6.07, 6.45) is 4.09. The molecule has 0 aromatic heterocycles. The average molecular weight is 269 g/mol. The van der Waals surface area contributed by atoms with Crippen LogP contribution in [-0.4, -0.2) is 62.7 Å². The highest BCUT2D eigenvalue weighted by molar-refractivity contribution is 4.90. The zero-order chi connectivity index (χ0) is 14.3. The molecule has 2 atom stereocenters. The minimum atomic E-state index is 0.763. The van der Waals surface area contributed by atoms with Crippen LogP contribution in [0.25, 0.3) is 0 Å². The molecule has 0 aromatic carbocycles. The monoisotopic (exact) mass is 269 g/mol. The summed E-state index contributed by atoms with van der Waals surface area (Å²) in [6.45, 7) is 12.9. The van der Waals surface area contributed by atoms with Crippen molar-refractivity contribution < 1.29 is 0 Å². The van der Waals surface area contributed by atoms with Gasteiger partial charge in [0.05, 0.1) is 0 Å². The molecule has 2 unspecified atom stereocenters. The molecule has 0 aliphatic heterocycles. The van der Waals surface area contributed by atoms with Crippen molar-refractivity contribution in [1.82, 2.24) is 15.1 Å². The molecule has 1 fully saturated rings. The second-order valence-electron chi connectivity index (χ2n) is 6.80. The van der Waals surface area contributed by atoms with Crippen LogP contribution in [0.4, 0.5) is 0 Å². The van der Waals surface area contributed by atoms with E-state index in [1.165, 1.54) is 45.4 Å². The SMILES string of the molecule is CCCN(CCN(C)C)C1CCC1CNCC(C)C. The van der Waals surface area contributed by atoms with Gasteiger partial charge in [0.2, 0.25) is 0 Å². The van der Waals surface area contributed by atoms with Gasteiger partial charge in [-0.05, 0) is 64.8 Å². The second-order valence-corrected chi connectivity index (χ2v) is 6.80. The maximum Gasteiger partial charge on any atom is 0.0136 e. The van der Waals surface area contributed by atoms with Crippen LogP contribution in [0.1, 0.15) is 40.0 Å². The third-order valence-electron chi connectivity index (χ3n) is 4.15. The quantitative estimate of drug-likeness (QED) is 0.656. The molecule has 0 heterocycles. The van der Waals surface area contributed by atoms with Gasteiger partial charge in [-0.2, -0.15) is 0 Å². The predicted molar refractivity (Wildman–Crippen MR) is 84.6 cm³/mol. The first-order valence-corrected chi connectivity index (χ1v) is 8.14. The molecule has 0 bridgehead atoms. The van der Waals surface area contributed by atoms with Crippen molar-refractivity contribution in [3.8, 4) is 0 Å². The van der Waals surface area contributed by atoms with E-state index in [9.17, 15) is 0 Å². The van der Waals surface area contributed by atoms with E-state index in [0.717, 1.165) is 24.4 Å². The summed E-state index contributed by atoms with van der Waals surface area (Å²) in [5, 5.41) is 3.64. The van der Waals surface area contributed by atoms with Crippen molar-refractivity contribution in [2.75, 3.05) is 46.8 Å². The van der Waals surface area contributed by atoms with Crippen LogP contribution >= 0.6 is 0 Å². The largest absolute Gasteiger partial charge is 0.316 e. The molecule has 3 heteroatoms. The van der Waals surface area contributed by atoms with Crippen LogP contribution in [-0.2, 0) is 0 Å². The first-order valence-electron chi connectivity index (χ1n) is 8.14. The van der Waals surface area contributed by atoms with E-state index >= 15 is 0 Å². The standard InChI is InChI=1S/C16H35N3/c1-6-9-19(11-10-18(4)5)16-8-7-15(16)13-17-12-14(2)3/h14-17H,6-13H2,1-5H3. The van der Waals surface area contributed by atoms with Gasteiger partial charge in [-0.3, -0.25) is 4.90 Å². The first-order chi connectivity index (χ1) is 9.04. The van der Waals surface area contributed by atoms with Crippen LogP contribution in [0.3, 0.4) is 0 Å². The topological polar surface area (TPSA) is 18.5 Å². The van der Waals surface area contributed by atoms with Gasteiger partial charge in [0, 0.05) is 19.1 Å². The van der Waals surface area contributed by atoms with Crippen molar-refractivity contribution in [3.63, 3.8) is 0 Å². The molecule has 1 N–H and O–H groups in total. The Kier molecular flexibility index (Phi) is 7.96. The Morgan fingerprint density at radius 3 is 2.32 bits per heavy atom. The van der Waals surface area contributed by atoms with Gasteiger partial charge in [-0.15, -0.1) is 0 Å². The highest BCUT2D eigenvalue weighted by atomic mass is 15.2. The van der Waals surface area contributed by atoms with E-state index in [4.69, 9.17) is 0 Å². The Bertz CT molecular complexity index is 228. The minimum absolute atomic E-state index is 0.763. The number of likely N-dealkylation sites (N-methyl/N-ethyl adjacent to an activating group) is 1. The third-order valence-corrected chi connectivity index (χ3v) is 4.15. The van der Waals surface area contributed by atoms with E-state index in [0.29, 0.717) is 0 Å². The van der Waals surface area contributed by atoms with Gasteiger partial charge in [0.25, 0.3) is 0 Å². The van der Waals surface area contributed by atoms with E-state index < -0.39 is 0 Å². The lowest BCUT2D eigenvalue weighted by atomic mass is 9.78. The number of rotatable bonds is 10. The van der Waals surface area contributed by atoms with Crippen molar-refractivity contribution in [1.29, 1.82) is 0 Å². The van der Waals surface area contributed by atoms with E-state index in [-0.39, 0.29) is 0 Å². The first kappa shape index (κ1) is 16.9. The van der Waals surface area contributed by atoms with Crippen molar-refractivity contribution in [3.05, 3.63) is 0 Å². The van der Waals surface area contributed by atoms with E-state index in [1.54, 1.807) is 0 Å². The molecule has 1 rings (SSSR count). The van der Waals surface area contributed by atoms with E-state index in [2.05, 4.69) is 50.0 Å². The molecule has 0 amide bonds. The molecular formula is C16H35N3. The van der Waals surface area contributed by atoms with Crippen molar-refractivity contribution >= 4 is 0 Å². The molecular weight excluding hydrogens is 234 g/mol. The molecule has 0 spiro atoms. The van der Waals surface area contributed by atoms with Gasteiger partial charge in [-0.1, -0.05) is 20.8 Å². The number of hydrogen-bond donors (Lipinski definition) is 1. The third kappa shape index (κ3) is 6.24. The Morgan fingerprint density at radius 2 is 1.84 bits per heavy atom. The summed E-state index contributed by atoms with van der Waals surface area (Å²) in [7, 11) is 4.35. The molecule has 1 saturated carbocycles. The van der Waals surface area contributed by atoms with Gasteiger partial charge in [0.15, 0.2) is 0 Å². The fourth-order valence-electron chi connectivity index (χ4n) is 2.89. The molecule has 19 heavy (non-hydrogen) atoms. The Balaban J connectivity index is 2.32. The van der Waals surface area contributed by atoms with Crippen LogP contribution in [0.15, 0.2) is 0 Å². The second kappa shape index (κ2) is 8.93. The summed E-state index contributed by atoms with van der Waals surface area (Å²) in [4.78, 5) is 5.03. The summed E-state index contributed by atoms with van der Waals surface area (Å²) in [5.41, 5.74) is 0. The summed E-state index contributed by atoms with van der Waals surface area (Å²) in [5.74, 6) is 1.64. The van der Waals surface area contributed by atoms with Crippen molar-refractivity contribution in [2.45, 2.75) is 46.1 Å². The average Bonchev–Trinajstić information content (AvgIpc) is 2.30. The number of nitrogens with zero attached hydrogens (tertiary/aromatic N) is 2. The normalized spacial score (nSPS) is 23.4. The lowest BCUT2D eigenvalue weighted by Gasteiger charge is -2.45. The van der Waals surface area contributed by atoms with Gasteiger partial charge in [-0.25, -0.2) is 0 Å². The number of nitrogens with one attached hydrogen (secondary N) is 1. The molecule has 1 aliphatic rings. The number of hydrogen-bond acceptors (Lipinski definition) is 3. The van der Waals surface area contributed by atoms with Gasteiger partial charge < -0.3 is 10.2 Å². The van der Waals surface area contributed by atoms with Crippen LogP contribution < -0.4 is 5.32 Å². The van der Waals surface area contributed by atoms with Gasteiger partial charge in [0.1, 0.15) is 0 Å². The summed E-state index contributed by atoms with van der Waals surface area (Å²) >= 11 is 0. The maximum absolute atomic E-state index is 3.64. The molecule has 114 valence electrons. The maximum atomic E-state index is 3.64. The molecule has 3 nitrogen and oxygen atoms in total. The van der Waals surface area contributed by atoms with Gasteiger partial charge >= 0.3 is 0 Å². The predicted octanol–water partition coefficient (Wildman–Crippen LogP) is 2.28. The van der Waals surface area contributed by atoms with Crippen LogP contribution in [0, 0.1) is 11.8 Å². The van der Waals surface area contributed by atoms with Crippen LogP contribution in [0.2, 0.25) is 0 Å². The lowest BCUT2D eigenvalue weighted by molar-refractivity contribution is 0.0563. The highest BCUT2D eigenvalue weighted by Crippen LogP contribution is 2.31. The molecule has 0 radical (unpaired) electrons. The van der Waals surface area contributed by atoms with Crippen molar-refractivity contribution in [2.24, 2.45) is 11.8 Å². The van der Waals surface area contributed by atoms with Crippen LogP contribution in [0.5, 0.6) is 0 Å². The zero-order valence-electron chi connectivity index (χ0n) is 13.8. The fraction of sp³-hybridized carbons (Fsp3) is 1.00. The summed E-state index contributed by atoms with van der Waals surface area (Å²) in [6, 6.07) is 0.833. The fourth-order valence-corrected chi connectivity index (χ4v) is 2.89. The Labute approximate surface area is 120 Å². The van der Waals surface area contributed by atoms with E-state index in [1.807, 2.05) is 0 Å². The Morgan fingerprint density at radius 1 is 1.11 bits per heavy atom. The molecule has 0 saturated heterocycles. The molecule has 0 aromatic rings. The summed E-state index contributed by atoms with van der Waals surface area (Å²) < 4.78 is 0. The Hall–Kier alpha value is -0.120. The minimum Gasteiger partial charge on any atom is -0.316 e. The smallest absolute Gasteiger partial charge is 0.0136 e. The lowest BCUT2D eigenvalue weighted by Crippen LogP contribution is -2.52. The highest BCUT2D eigenvalue weighted by Gasteiger charge is 2.34. The zero-order valence-corrected chi connectivity index (χ0v) is 13.8.